The first-order valence-corrected chi connectivity index (χ1v) is 8.53. The Labute approximate surface area is 152 Å². The fourth-order valence-corrected chi connectivity index (χ4v) is 3.10. The van der Waals surface area contributed by atoms with Crippen LogP contribution in [0, 0.1) is 0 Å². The summed E-state index contributed by atoms with van der Waals surface area (Å²) in [6.07, 6.45) is 3.24. The minimum Gasteiger partial charge on any atom is -0.507 e. The molecule has 2 aromatic rings. The summed E-state index contributed by atoms with van der Waals surface area (Å²) in [5.74, 6) is -1.38. The van der Waals surface area contributed by atoms with E-state index in [0.29, 0.717) is 18.7 Å². The van der Waals surface area contributed by atoms with Crippen molar-refractivity contribution in [3.63, 3.8) is 0 Å². The molecule has 0 saturated carbocycles. The SMILES string of the molecule is C[NH+](C)CCN1C(=O)C(=O)C(=C(O)c2ccccc2)[C@H]1c1ccncc1. The maximum atomic E-state index is 12.7. The van der Waals surface area contributed by atoms with Gasteiger partial charge in [-0.15, -0.1) is 0 Å². The van der Waals surface area contributed by atoms with Gasteiger partial charge < -0.3 is 14.9 Å². The van der Waals surface area contributed by atoms with Crippen LogP contribution in [-0.2, 0) is 9.59 Å². The number of hydrogen-bond acceptors (Lipinski definition) is 4. The quantitative estimate of drug-likeness (QED) is 0.471. The van der Waals surface area contributed by atoms with E-state index in [4.69, 9.17) is 0 Å². The molecule has 1 aromatic heterocycles. The standard InChI is InChI=1S/C20H21N3O3/c1-22(2)12-13-23-17(14-8-10-21-11-9-14)16(19(25)20(23)26)18(24)15-6-4-3-5-7-15/h3-11,17,24H,12-13H2,1-2H3/p+1/t17-/m1/s1. The van der Waals surface area contributed by atoms with Crippen LogP contribution in [0.5, 0.6) is 0 Å². The number of Topliss-reactive ketones (excluding diaryl/α,β-unsaturated/α-hetero) is 1. The van der Waals surface area contributed by atoms with Crippen LogP contribution in [0.15, 0.2) is 60.4 Å². The summed E-state index contributed by atoms with van der Waals surface area (Å²) in [4.78, 5) is 32.1. The second kappa shape index (κ2) is 7.49. The molecule has 1 fully saturated rings. The lowest BCUT2D eigenvalue weighted by molar-refractivity contribution is -0.857. The third-order valence-electron chi connectivity index (χ3n) is 4.46. The molecule has 6 heteroatoms. The normalized spacial score (nSPS) is 19.3. The number of nitrogens with zero attached hydrogens (tertiary/aromatic N) is 2. The van der Waals surface area contributed by atoms with Crippen molar-refractivity contribution in [2.24, 2.45) is 0 Å². The number of carbonyl (C=O) groups is 2. The van der Waals surface area contributed by atoms with Gasteiger partial charge in [0.2, 0.25) is 0 Å². The average molecular weight is 352 g/mol. The van der Waals surface area contributed by atoms with Gasteiger partial charge >= 0.3 is 0 Å². The molecule has 134 valence electrons. The number of quaternary nitrogens is 1. The summed E-state index contributed by atoms with van der Waals surface area (Å²) in [7, 11) is 3.98. The predicted molar refractivity (Wildman–Crippen MR) is 97.4 cm³/mol. The van der Waals surface area contributed by atoms with E-state index in [-0.39, 0.29) is 11.3 Å². The Balaban J connectivity index is 2.12. The second-order valence-electron chi connectivity index (χ2n) is 6.60. The molecule has 0 bridgehead atoms. The topological polar surface area (TPSA) is 74.9 Å². The lowest BCUT2D eigenvalue weighted by atomic mass is 9.96. The van der Waals surface area contributed by atoms with Gasteiger partial charge in [-0.1, -0.05) is 30.3 Å². The number of rotatable bonds is 5. The third kappa shape index (κ3) is 3.36. The Kier molecular flexibility index (Phi) is 5.14. The zero-order chi connectivity index (χ0) is 18.7. The number of aliphatic hydroxyl groups is 1. The molecule has 3 rings (SSSR count). The number of likely N-dealkylation sites (N-methyl/N-ethyl adjacent to an activating group) is 1. The second-order valence-corrected chi connectivity index (χ2v) is 6.60. The first-order valence-electron chi connectivity index (χ1n) is 8.53. The van der Waals surface area contributed by atoms with Crippen molar-refractivity contribution in [1.29, 1.82) is 0 Å². The molecule has 0 unspecified atom stereocenters. The van der Waals surface area contributed by atoms with Crippen LogP contribution >= 0.6 is 0 Å². The van der Waals surface area contributed by atoms with Crippen LogP contribution in [-0.4, -0.2) is 53.9 Å². The van der Waals surface area contributed by atoms with Gasteiger partial charge in [0.05, 0.1) is 38.8 Å². The number of ketones is 1. The van der Waals surface area contributed by atoms with Gasteiger partial charge in [-0.25, -0.2) is 0 Å². The molecule has 2 heterocycles. The maximum Gasteiger partial charge on any atom is 0.295 e. The highest BCUT2D eigenvalue weighted by molar-refractivity contribution is 6.46. The van der Waals surface area contributed by atoms with Crippen molar-refractivity contribution in [2.75, 3.05) is 27.2 Å². The molecular formula is C20H22N3O3+. The first-order chi connectivity index (χ1) is 12.5. The van der Waals surface area contributed by atoms with Crippen LogP contribution in [0.25, 0.3) is 5.76 Å². The first kappa shape index (κ1) is 17.8. The Morgan fingerprint density at radius 1 is 1.12 bits per heavy atom. The number of carbonyl (C=O) groups excluding carboxylic acids is 2. The van der Waals surface area contributed by atoms with Crippen molar-refractivity contribution in [3.8, 4) is 0 Å². The van der Waals surface area contributed by atoms with Gasteiger partial charge in [0, 0.05) is 18.0 Å². The molecule has 6 nitrogen and oxygen atoms in total. The van der Waals surface area contributed by atoms with Crippen LogP contribution in [0.1, 0.15) is 17.2 Å². The zero-order valence-electron chi connectivity index (χ0n) is 14.8. The van der Waals surface area contributed by atoms with E-state index in [1.54, 1.807) is 53.7 Å². The maximum absolute atomic E-state index is 12.7. The molecule has 0 aliphatic carbocycles. The molecule has 0 radical (unpaired) electrons. The lowest BCUT2D eigenvalue weighted by Crippen LogP contribution is -3.06. The van der Waals surface area contributed by atoms with Crippen LogP contribution in [0.3, 0.4) is 0 Å². The molecule has 1 aliphatic rings. The van der Waals surface area contributed by atoms with Crippen molar-refractivity contribution < 1.29 is 19.6 Å². The monoisotopic (exact) mass is 352 g/mol. The number of amides is 1. The van der Waals surface area contributed by atoms with Gasteiger partial charge in [-0.3, -0.25) is 14.6 Å². The molecule has 2 N–H and O–H groups in total. The highest BCUT2D eigenvalue weighted by Crippen LogP contribution is 2.38. The highest BCUT2D eigenvalue weighted by atomic mass is 16.3. The fraction of sp³-hybridized carbons (Fsp3) is 0.250. The van der Waals surface area contributed by atoms with Gasteiger partial charge in [-0.2, -0.15) is 0 Å². The van der Waals surface area contributed by atoms with E-state index in [1.165, 1.54) is 4.90 Å². The lowest BCUT2D eigenvalue weighted by Gasteiger charge is -2.25. The number of likely N-dealkylation sites (tertiary alicyclic amines) is 1. The number of pyridine rings is 1. The van der Waals surface area contributed by atoms with Gasteiger partial charge in [0.1, 0.15) is 5.76 Å². The van der Waals surface area contributed by atoms with Crippen molar-refractivity contribution in [3.05, 3.63) is 71.6 Å². The van der Waals surface area contributed by atoms with Crippen molar-refractivity contribution in [2.45, 2.75) is 6.04 Å². The number of aliphatic hydroxyl groups excluding tert-OH is 1. The molecule has 1 saturated heterocycles. The number of benzene rings is 1. The Morgan fingerprint density at radius 2 is 1.77 bits per heavy atom. The van der Waals surface area contributed by atoms with E-state index < -0.39 is 17.7 Å². The number of hydrogen-bond donors (Lipinski definition) is 2. The smallest absolute Gasteiger partial charge is 0.295 e. The molecule has 26 heavy (non-hydrogen) atoms. The fourth-order valence-electron chi connectivity index (χ4n) is 3.10. The largest absolute Gasteiger partial charge is 0.507 e. The number of aromatic nitrogens is 1. The average Bonchev–Trinajstić information content (AvgIpc) is 2.91. The molecule has 1 aromatic carbocycles. The van der Waals surface area contributed by atoms with Crippen LogP contribution in [0.2, 0.25) is 0 Å². The van der Waals surface area contributed by atoms with Crippen molar-refractivity contribution >= 4 is 17.4 Å². The summed E-state index contributed by atoms with van der Waals surface area (Å²) in [5.41, 5.74) is 1.40. The summed E-state index contributed by atoms with van der Waals surface area (Å²) in [5, 5.41) is 10.8. The number of nitrogens with one attached hydrogen (secondary N) is 1. The van der Waals surface area contributed by atoms with Gasteiger partial charge in [0.15, 0.2) is 0 Å². The molecular weight excluding hydrogens is 330 g/mol. The molecule has 1 aliphatic heterocycles. The Morgan fingerprint density at radius 3 is 2.38 bits per heavy atom. The third-order valence-corrected chi connectivity index (χ3v) is 4.46. The van der Waals surface area contributed by atoms with E-state index in [0.717, 1.165) is 5.56 Å². The summed E-state index contributed by atoms with van der Waals surface area (Å²) in [6.45, 7) is 1.12. The summed E-state index contributed by atoms with van der Waals surface area (Å²) in [6, 6.07) is 11.7. The van der Waals surface area contributed by atoms with E-state index in [9.17, 15) is 14.7 Å². The molecule has 1 amide bonds. The highest BCUT2D eigenvalue weighted by Gasteiger charge is 2.46. The Bertz CT molecular complexity index is 832. The van der Waals surface area contributed by atoms with Crippen molar-refractivity contribution in [1.82, 2.24) is 9.88 Å². The Hall–Kier alpha value is -2.99. The van der Waals surface area contributed by atoms with E-state index in [2.05, 4.69) is 4.98 Å². The van der Waals surface area contributed by atoms with Gasteiger partial charge in [-0.05, 0) is 17.7 Å². The predicted octanol–water partition coefficient (Wildman–Crippen LogP) is 0.648. The molecule has 0 spiro atoms. The van der Waals surface area contributed by atoms with E-state index in [1.807, 2.05) is 20.2 Å². The van der Waals surface area contributed by atoms with Crippen LogP contribution in [0.4, 0.5) is 0 Å². The van der Waals surface area contributed by atoms with E-state index >= 15 is 0 Å². The summed E-state index contributed by atoms with van der Waals surface area (Å²) < 4.78 is 0. The van der Waals surface area contributed by atoms with Crippen LogP contribution < -0.4 is 4.90 Å². The summed E-state index contributed by atoms with van der Waals surface area (Å²) >= 11 is 0. The molecule has 1 atom stereocenters. The zero-order valence-corrected chi connectivity index (χ0v) is 14.8. The minimum atomic E-state index is -0.651. The van der Waals surface area contributed by atoms with Gasteiger partial charge in [0.25, 0.3) is 11.7 Å². The minimum absolute atomic E-state index is 0.126.